The van der Waals surface area contributed by atoms with Gasteiger partial charge in [0, 0.05) is 43.7 Å². The maximum atomic E-state index is 8.96. The quantitative estimate of drug-likeness (QED) is 0.185. The Hall–Kier alpha value is -6.84. The van der Waals surface area contributed by atoms with Crippen LogP contribution in [0.1, 0.15) is 8.22 Å². The lowest BCUT2D eigenvalue weighted by Crippen LogP contribution is -1.94. The predicted octanol–water partition coefficient (Wildman–Crippen LogP) is 13.1. The number of benzene rings is 8. The largest absolute Gasteiger partial charge is 0.456 e. The van der Waals surface area contributed by atoms with Gasteiger partial charge in [0.1, 0.15) is 11.2 Å². The van der Waals surface area contributed by atoms with Crippen LogP contribution in [0.25, 0.3) is 99.2 Å². The van der Waals surface area contributed by atoms with Crippen LogP contribution in [-0.4, -0.2) is 9.13 Å². The number of hydrogen-bond donors (Lipinski definition) is 0. The summed E-state index contributed by atoms with van der Waals surface area (Å²) in [4.78, 5) is 0. The predicted molar refractivity (Wildman–Crippen MR) is 213 cm³/mol. The van der Waals surface area contributed by atoms with Crippen molar-refractivity contribution >= 4 is 65.6 Å². The minimum Gasteiger partial charge on any atom is -0.456 e. The topological polar surface area (TPSA) is 23.0 Å². The molecule has 8 aromatic carbocycles. The minimum atomic E-state index is -0.288. The Morgan fingerprint density at radius 1 is 0.392 bits per heavy atom. The monoisotopic (exact) mass is 656 g/mol. The molecule has 11 rings (SSSR count). The summed E-state index contributed by atoms with van der Waals surface area (Å²) in [5, 5.41) is 5.43. The molecule has 3 aromatic heterocycles. The molecule has 0 N–H and O–H groups in total. The van der Waals surface area contributed by atoms with Crippen molar-refractivity contribution in [1.82, 2.24) is 9.13 Å². The van der Waals surface area contributed by atoms with Crippen molar-refractivity contribution in [2.45, 2.75) is 0 Å². The zero-order chi connectivity index (χ0) is 38.7. The van der Waals surface area contributed by atoms with E-state index in [4.69, 9.17) is 12.6 Å². The highest BCUT2D eigenvalue weighted by atomic mass is 16.3. The summed E-state index contributed by atoms with van der Waals surface area (Å²) in [6.45, 7) is 0. The third-order valence-electron chi connectivity index (χ3n) is 10.1. The first kappa shape index (κ1) is 22.7. The smallest absolute Gasteiger partial charge is 0.136 e. The Morgan fingerprint density at radius 3 is 1.61 bits per heavy atom. The molecule has 11 aromatic rings. The van der Waals surface area contributed by atoms with Crippen LogP contribution in [0.4, 0.5) is 0 Å². The van der Waals surface area contributed by atoms with E-state index in [0.717, 1.165) is 49.8 Å². The van der Waals surface area contributed by atoms with Gasteiger partial charge < -0.3 is 13.6 Å². The highest BCUT2D eigenvalue weighted by molar-refractivity contribution is 6.14. The Morgan fingerprint density at radius 2 is 0.941 bits per heavy atom. The Balaban J connectivity index is 1.05. The number of nitrogens with zero attached hydrogens (tertiary/aromatic N) is 2. The molecule has 3 heterocycles. The lowest BCUT2D eigenvalue weighted by atomic mass is 9.99. The van der Waals surface area contributed by atoms with E-state index >= 15 is 0 Å². The fourth-order valence-electron chi connectivity index (χ4n) is 7.86. The average molecular weight is 657 g/mol. The number of aromatic nitrogens is 2. The normalized spacial score (nSPS) is 13.6. The van der Waals surface area contributed by atoms with Crippen molar-refractivity contribution in [3.63, 3.8) is 0 Å². The van der Waals surface area contributed by atoms with E-state index in [2.05, 4.69) is 112 Å². The molecule has 3 nitrogen and oxygen atoms in total. The van der Waals surface area contributed by atoms with Crippen LogP contribution in [0.5, 0.6) is 0 Å². The van der Waals surface area contributed by atoms with Gasteiger partial charge in [0.25, 0.3) is 0 Å². The van der Waals surface area contributed by atoms with Gasteiger partial charge in [-0.2, -0.15) is 0 Å². The van der Waals surface area contributed by atoms with E-state index < -0.39 is 0 Å². The van der Waals surface area contributed by atoms with Gasteiger partial charge in [0.2, 0.25) is 0 Å². The fourth-order valence-corrected chi connectivity index (χ4v) is 7.86. The van der Waals surface area contributed by atoms with Gasteiger partial charge in [0.05, 0.1) is 30.3 Å². The molecule has 0 aliphatic rings. The maximum Gasteiger partial charge on any atom is 0.136 e. The third kappa shape index (κ3) is 4.19. The second-order valence-corrected chi connectivity index (χ2v) is 12.9. The lowest BCUT2D eigenvalue weighted by Gasteiger charge is -2.11. The van der Waals surface area contributed by atoms with Gasteiger partial charge in [-0.3, -0.25) is 0 Å². The van der Waals surface area contributed by atoms with Crippen LogP contribution >= 0.6 is 0 Å². The molecule has 0 saturated heterocycles. The van der Waals surface area contributed by atoms with Crippen molar-refractivity contribution in [3.8, 4) is 33.6 Å². The van der Waals surface area contributed by atoms with Crippen LogP contribution in [-0.2, 0) is 0 Å². The molecule has 0 fully saturated rings. The number of furan rings is 1. The summed E-state index contributed by atoms with van der Waals surface area (Å²) in [6, 6.07) is 48.7. The second kappa shape index (κ2) is 10.8. The molecule has 238 valence electrons. The van der Waals surface area contributed by atoms with Gasteiger partial charge in [-0.25, -0.2) is 0 Å². The molecular weight excluding hydrogens is 621 g/mol. The lowest BCUT2D eigenvalue weighted by molar-refractivity contribution is 0.669. The van der Waals surface area contributed by atoms with Crippen molar-refractivity contribution in [3.05, 3.63) is 182 Å². The zero-order valence-electron chi connectivity index (χ0n) is 33.2. The summed E-state index contributed by atoms with van der Waals surface area (Å²) in [5.74, 6) is 0. The SMILES string of the molecule is [2H]c1cc2c(oc3c([2H])c([2H])c([2H])c(-c4ccc(-n5c6ccccc6c6cc(-c7ccc8c(c7)c7ccccc7n8-c7ccccc7)ccc65)cc4)c32)c([2H])c1[2H]. The van der Waals surface area contributed by atoms with Gasteiger partial charge in [0.15, 0.2) is 0 Å². The highest BCUT2D eigenvalue weighted by Gasteiger charge is 2.17. The molecule has 0 amide bonds. The summed E-state index contributed by atoms with van der Waals surface area (Å²) in [6.07, 6.45) is 0. The highest BCUT2D eigenvalue weighted by Crippen LogP contribution is 2.40. The second-order valence-electron chi connectivity index (χ2n) is 12.9. The van der Waals surface area contributed by atoms with E-state index in [1.165, 1.54) is 22.4 Å². The Bertz CT molecular complexity index is 3470. The molecule has 0 aliphatic carbocycles. The summed E-state index contributed by atoms with van der Waals surface area (Å²) in [7, 11) is 0. The zero-order valence-corrected chi connectivity index (χ0v) is 27.2. The maximum absolute atomic E-state index is 8.96. The molecule has 0 radical (unpaired) electrons. The number of hydrogen-bond acceptors (Lipinski definition) is 1. The van der Waals surface area contributed by atoms with E-state index in [9.17, 15) is 0 Å². The molecular formula is C48H30N2O. The van der Waals surface area contributed by atoms with E-state index in [1.807, 2.05) is 36.4 Å². The Kier molecular flexibility index (Phi) is 4.83. The number of rotatable bonds is 4. The molecule has 0 atom stereocenters. The Labute approximate surface area is 302 Å². The summed E-state index contributed by atoms with van der Waals surface area (Å²) >= 11 is 0. The first-order chi connectivity index (χ1) is 27.8. The number of fused-ring (bicyclic) bond motifs is 9. The van der Waals surface area contributed by atoms with Crippen molar-refractivity contribution in [2.24, 2.45) is 0 Å². The van der Waals surface area contributed by atoms with Crippen LogP contribution in [0.2, 0.25) is 0 Å². The van der Waals surface area contributed by atoms with E-state index in [0.29, 0.717) is 21.9 Å². The average Bonchev–Trinajstić information content (AvgIpc) is 3.90. The van der Waals surface area contributed by atoms with Gasteiger partial charge in [-0.05, 0) is 95.0 Å². The first-order valence-electron chi connectivity index (χ1n) is 19.9. The molecule has 51 heavy (non-hydrogen) atoms. The number of para-hydroxylation sites is 4. The molecule has 0 aliphatic heterocycles. The van der Waals surface area contributed by atoms with Crippen LogP contribution in [0.3, 0.4) is 0 Å². The molecule has 0 bridgehead atoms. The molecule has 0 saturated carbocycles. The van der Waals surface area contributed by atoms with Gasteiger partial charge in [-0.1, -0.05) is 109 Å². The van der Waals surface area contributed by atoms with Crippen molar-refractivity contribution < 1.29 is 12.6 Å². The van der Waals surface area contributed by atoms with Gasteiger partial charge >= 0.3 is 0 Å². The fraction of sp³-hybridized carbons (Fsp3) is 0. The van der Waals surface area contributed by atoms with Crippen LogP contribution in [0, 0.1) is 0 Å². The molecule has 0 spiro atoms. The van der Waals surface area contributed by atoms with Crippen molar-refractivity contribution in [1.29, 1.82) is 0 Å². The van der Waals surface area contributed by atoms with E-state index in [1.54, 1.807) is 0 Å². The first-order valence-corrected chi connectivity index (χ1v) is 16.9. The standard InChI is InChI=1S/C48H30N2O/c1-2-11-34(12-3-1)49-42-17-7-4-13-37(42)40-29-32(23-27-44(40)49)33-24-28-45-41(30-33)38-14-5-8-18-43(38)50(45)35-25-21-31(22-26-35)36-16-10-20-47-48(36)39-15-6-9-19-46(39)51-47/h1-30H/i6D,9D,10D,16D,19D,20D. The third-order valence-corrected chi connectivity index (χ3v) is 10.1. The van der Waals surface area contributed by atoms with Crippen LogP contribution in [0.15, 0.2) is 186 Å². The molecule has 0 unspecified atom stereocenters. The van der Waals surface area contributed by atoms with Crippen molar-refractivity contribution in [2.75, 3.05) is 0 Å². The van der Waals surface area contributed by atoms with Gasteiger partial charge in [-0.15, -0.1) is 0 Å². The molecule has 3 heteroatoms. The summed E-state index contributed by atoms with van der Waals surface area (Å²) in [5.41, 5.74) is 9.89. The summed E-state index contributed by atoms with van der Waals surface area (Å²) < 4.78 is 61.5. The van der Waals surface area contributed by atoms with Crippen LogP contribution < -0.4 is 0 Å². The minimum absolute atomic E-state index is 0.0721. The van der Waals surface area contributed by atoms with E-state index in [-0.39, 0.29) is 47.4 Å².